The van der Waals surface area contributed by atoms with Crippen LogP contribution in [-0.4, -0.2) is 9.13 Å². The van der Waals surface area contributed by atoms with Crippen LogP contribution in [0.3, 0.4) is 0 Å². The minimum atomic E-state index is -0.0290. The van der Waals surface area contributed by atoms with Gasteiger partial charge in [0, 0.05) is 38.2 Å². The van der Waals surface area contributed by atoms with Gasteiger partial charge in [0.25, 0.3) is 0 Å². The molecule has 47 heavy (non-hydrogen) atoms. The summed E-state index contributed by atoms with van der Waals surface area (Å²) in [6, 6.07) is 49.4. The van der Waals surface area contributed by atoms with Gasteiger partial charge >= 0.3 is 0 Å². The lowest BCUT2D eigenvalue weighted by atomic mass is 9.82. The summed E-state index contributed by atoms with van der Waals surface area (Å²) in [6.07, 6.45) is 8.81. The van der Waals surface area contributed by atoms with Crippen LogP contribution in [0.2, 0.25) is 0 Å². The largest absolute Gasteiger partial charge is 0.311 e. The fourth-order valence-electron chi connectivity index (χ4n) is 8.49. The van der Waals surface area contributed by atoms with Crippen LogP contribution in [-0.2, 0) is 5.41 Å². The number of allylic oxidation sites excluding steroid dienone is 4. The predicted octanol–water partition coefficient (Wildman–Crippen LogP) is 11.7. The molecule has 0 saturated heterocycles. The fraction of sp³-hybridized carbons (Fsp3) is 0.111. The van der Waals surface area contributed by atoms with E-state index in [9.17, 15) is 0 Å². The van der Waals surface area contributed by atoms with Gasteiger partial charge in [-0.1, -0.05) is 117 Å². The fourth-order valence-corrected chi connectivity index (χ4v) is 8.49. The van der Waals surface area contributed by atoms with Gasteiger partial charge in [0.2, 0.25) is 0 Å². The van der Waals surface area contributed by atoms with Gasteiger partial charge in [-0.05, 0) is 83.1 Å². The van der Waals surface area contributed by atoms with Gasteiger partial charge in [-0.3, -0.25) is 4.57 Å². The number of benzene rings is 5. The van der Waals surface area contributed by atoms with Crippen molar-refractivity contribution in [1.82, 2.24) is 9.13 Å². The zero-order chi connectivity index (χ0) is 31.3. The number of para-hydroxylation sites is 2. The minimum absolute atomic E-state index is 0.0290. The highest BCUT2D eigenvalue weighted by Gasteiger charge is 2.35. The van der Waals surface area contributed by atoms with Crippen LogP contribution >= 0.6 is 0 Å². The second-order valence-electron chi connectivity index (χ2n) is 13.5. The third-order valence-corrected chi connectivity index (χ3v) is 10.6. The Morgan fingerprint density at radius 1 is 0.617 bits per heavy atom. The van der Waals surface area contributed by atoms with Crippen LogP contribution in [0.15, 0.2) is 133 Å². The maximum atomic E-state index is 3.63. The first-order valence-electron chi connectivity index (χ1n) is 16.6. The topological polar surface area (TPSA) is 9.86 Å². The van der Waals surface area contributed by atoms with Gasteiger partial charge in [-0.15, -0.1) is 0 Å². The van der Waals surface area contributed by atoms with Crippen molar-refractivity contribution in [3.05, 3.63) is 157 Å². The number of fused-ring (bicyclic) bond motifs is 10. The third kappa shape index (κ3) is 3.57. The highest BCUT2D eigenvalue weighted by atomic mass is 15.0. The summed E-state index contributed by atoms with van der Waals surface area (Å²) in [6.45, 7) is 4.68. The first-order chi connectivity index (χ1) is 23.1. The number of aromatic nitrogens is 2. The quantitative estimate of drug-likeness (QED) is 0.191. The highest BCUT2D eigenvalue weighted by Crippen LogP contribution is 2.50. The Kier molecular flexibility index (Phi) is 5.41. The van der Waals surface area contributed by atoms with Crippen LogP contribution in [0, 0.1) is 12.1 Å². The number of nitrogens with zero attached hydrogens (tertiary/aromatic N) is 2. The molecule has 6 aromatic carbocycles. The number of hydrogen-bond acceptors (Lipinski definition) is 0. The van der Waals surface area contributed by atoms with Crippen molar-refractivity contribution in [3.63, 3.8) is 0 Å². The molecule has 2 heterocycles. The Morgan fingerprint density at radius 2 is 1.30 bits per heavy atom. The van der Waals surface area contributed by atoms with E-state index in [1.807, 2.05) is 6.07 Å². The lowest BCUT2D eigenvalue weighted by Gasteiger charge is -2.21. The van der Waals surface area contributed by atoms with Gasteiger partial charge in [-0.25, -0.2) is 0 Å². The molecule has 8 aromatic rings. The molecule has 0 saturated carbocycles. The molecule has 0 fully saturated rings. The Balaban J connectivity index is 1.32. The van der Waals surface area contributed by atoms with E-state index in [1.54, 1.807) is 0 Å². The Hall–Kier alpha value is -5.78. The van der Waals surface area contributed by atoms with E-state index < -0.39 is 0 Å². The number of hydrogen-bond donors (Lipinski definition) is 0. The van der Waals surface area contributed by atoms with E-state index in [0.717, 1.165) is 24.1 Å². The average molecular weight is 601 g/mol. The minimum Gasteiger partial charge on any atom is -0.311 e. The molecule has 0 spiro atoms. The molecule has 10 rings (SSSR count). The van der Waals surface area contributed by atoms with Crippen molar-refractivity contribution in [3.8, 4) is 27.9 Å². The maximum absolute atomic E-state index is 3.63. The highest BCUT2D eigenvalue weighted by molar-refractivity contribution is 6.24. The lowest BCUT2D eigenvalue weighted by Crippen LogP contribution is -2.14. The van der Waals surface area contributed by atoms with Gasteiger partial charge in [0.1, 0.15) is 5.69 Å². The zero-order valence-corrected chi connectivity index (χ0v) is 26.5. The van der Waals surface area contributed by atoms with Gasteiger partial charge in [-0.2, -0.15) is 0 Å². The van der Waals surface area contributed by atoms with Crippen molar-refractivity contribution in [1.29, 1.82) is 0 Å². The molecule has 2 nitrogen and oxygen atoms in total. The SMILES string of the molecule is CC1(C)c2ccccc2-c2cc(-c3ccc#cc3-n3c4ccccc4c4ccc5c6ccccc6n(C6=CC=CCC6)c5c43)ccc21. The van der Waals surface area contributed by atoms with E-state index in [-0.39, 0.29) is 5.41 Å². The van der Waals surface area contributed by atoms with Crippen molar-refractivity contribution in [2.24, 2.45) is 0 Å². The molecule has 0 atom stereocenters. The van der Waals surface area contributed by atoms with Gasteiger partial charge in [0.05, 0.1) is 22.1 Å². The predicted molar refractivity (Wildman–Crippen MR) is 197 cm³/mol. The molecule has 2 aliphatic carbocycles. The molecule has 0 aliphatic heterocycles. The average Bonchev–Trinajstić information content (AvgIpc) is 3.72. The molecule has 0 amide bonds. The van der Waals surface area contributed by atoms with E-state index in [4.69, 9.17) is 0 Å². The van der Waals surface area contributed by atoms with Crippen LogP contribution in [0.5, 0.6) is 0 Å². The Labute approximate surface area is 274 Å². The van der Waals surface area contributed by atoms with E-state index in [1.165, 1.54) is 77.1 Å². The number of rotatable bonds is 3. The molecule has 0 radical (unpaired) electrons. The van der Waals surface area contributed by atoms with E-state index in [0.29, 0.717) is 0 Å². The lowest BCUT2D eigenvalue weighted by molar-refractivity contribution is 0.660. The molecule has 0 unspecified atom stereocenters. The maximum Gasteiger partial charge on any atom is 0.105 e. The summed E-state index contributed by atoms with van der Waals surface area (Å²) in [5, 5.41) is 5.04. The van der Waals surface area contributed by atoms with Crippen molar-refractivity contribution >= 4 is 49.3 Å². The van der Waals surface area contributed by atoms with Gasteiger partial charge < -0.3 is 4.57 Å². The molecule has 222 valence electrons. The third-order valence-electron chi connectivity index (χ3n) is 10.6. The first kappa shape index (κ1) is 26.4. The summed E-state index contributed by atoms with van der Waals surface area (Å²) in [5.41, 5.74) is 15.0. The van der Waals surface area contributed by atoms with Gasteiger partial charge in [0.15, 0.2) is 0 Å². The zero-order valence-electron chi connectivity index (χ0n) is 26.5. The summed E-state index contributed by atoms with van der Waals surface area (Å²) in [5.74, 6) is 0. The summed E-state index contributed by atoms with van der Waals surface area (Å²) in [7, 11) is 0. The van der Waals surface area contributed by atoms with Crippen LogP contribution in [0.4, 0.5) is 0 Å². The second-order valence-corrected chi connectivity index (χ2v) is 13.5. The standard InChI is InChI=1S/C45H32N2/c1-45(2)38-20-10-6-17-32(38)37-28-29(24-27-39(37)45)31-16-7-11-21-40(31)47-42-23-13-9-19-34(42)36-26-25-35-33-18-8-12-22-41(33)46(43(35)44(36)47)30-14-4-3-5-15-30/h3-4,6-10,12-14,16-20,22-28H,5,15H2,1-2H3. The molecule has 2 aromatic heterocycles. The first-order valence-corrected chi connectivity index (χ1v) is 16.6. The van der Waals surface area contributed by atoms with Crippen molar-refractivity contribution in [2.45, 2.75) is 32.1 Å². The summed E-state index contributed by atoms with van der Waals surface area (Å²) < 4.78 is 4.98. The van der Waals surface area contributed by atoms with Crippen LogP contribution < -0.4 is 0 Å². The summed E-state index contributed by atoms with van der Waals surface area (Å²) >= 11 is 0. The summed E-state index contributed by atoms with van der Waals surface area (Å²) in [4.78, 5) is 0. The van der Waals surface area contributed by atoms with Crippen molar-refractivity contribution < 1.29 is 0 Å². The normalized spacial score (nSPS) is 14.9. The second kappa shape index (κ2) is 9.61. The molecule has 0 N–H and O–H groups in total. The smallest absolute Gasteiger partial charge is 0.105 e. The monoisotopic (exact) mass is 600 g/mol. The van der Waals surface area contributed by atoms with E-state index in [2.05, 4.69) is 163 Å². The molecule has 2 heteroatoms. The molecule has 2 aliphatic rings. The Bertz CT molecular complexity index is 2650. The van der Waals surface area contributed by atoms with Crippen molar-refractivity contribution in [2.75, 3.05) is 0 Å². The van der Waals surface area contributed by atoms with Crippen LogP contribution in [0.25, 0.3) is 77.2 Å². The molecular formula is C45H32N2. The Morgan fingerprint density at radius 3 is 2.06 bits per heavy atom. The molecule has 0 bridgehead atoms. The van der Waals surface area contributed by atoms with Crippen LogP contribution in [0.1, 0.15) is 37.8 Å². The van der Waals surface area contributed by atoms with E-state index >= 15 is 0 Å². The molecular weight excluding hydrogens is 569 g/mol.